The van der Waals surface area contributed by atoms with Crippen LogP contribution in [0.25, 0.3) is 0 Å². The van der Waals surface area contributed by atoms with Crippen molar-refractivity contribution in [2.75, 3.05) is 13.2 Å². The number of aryl methyl sites for hydroxylation is 1. The Kier molecular flexibility index (Phi) is 3.86. The number of hydrogen-bond acceptors (Lipinski definition) is 3. The molecule has 70 valence electrons. The summed E-state index contributed by atoms with van der Waals surface area (Å²) in [6.45, 7) is 3.01. The Bertz CT molecular complexity index is 281. The second-order valence-corrected chi connectivity index (χ2v) is 3.16. The van der Waals surface area contributed by atoms with Gasteiger partial charge in [-0.3, -0.25) is 0 Å². The predicted octanol–water partition coefficient (Wildman–Crippen LogP) is 1.65. The topological polar surface area (TPSA) is 35.2 Å². The maximum absolute atomic E-state index is 5.29. The Morgan fingerprint density at radius 1 is 1.38 bits per heavy atom. The Labute approximate surface area is 83.7 Å². The lowest BCUT2D eigenvalue weighted by Gasteiger charge is -2.05. The Balaban J connectivity index is 2.61. The molecule has 0 saturated carbocycles. The molecule has 1 aromatic rings. The van der Waals surface area contributed by atoms with Crippen molar-refractivity contribution in [1.29, 1.82) is 0 Å². The molecule has 0 bridgehead atoms. The van der Waals surface area contributed by atoms with E-state index in [1.165, 1.54) is 5.56 Å². The first-order valence-electron chi connectivity index (χ1n) is 4.18. The van der Waals surface area contributed by atoms with Gasteiger partial charge in [-0.25, -0.2) is 0 Å². The number of hydrogen-bond donors (Lipinski definition) is 1. The van der Waals surface area contributed by atoms with Crippen molar-refractivity contribution >= 4 is 17.3 Å². The summed E-state index contributed by atoms with van der Waals surface area (Å²) in [5.74, 6) is 0. The number of rotatable bonds is 3. The Morgan fingerprint density at radius 2 is 2.00 bits per heavy atom. The molecule has 13 heavy (non-hydrogen) atoms. The molecule has 0 amide bonds. The van der Waals surface area contributed by atoms with Crippen molar-refractivity contribution in [3.8, 4) is 0 Å². The highest BCUT2D eigenvalue weighted by molar-refractivity contribution is 7.80. The van der Waals surface area contributed by atoms with Gasteiger partial charge in [0.05, 0.1) is 0 Å². The SMILES string of the molecule is Cc1ccc(C(=S)OCCN)cc1. The summed E-state index contributed by atoms with van der Waals surface area (Å²) < 4.78 is 5.22. The fourth-order valence-electron chi connectivity index (χ4n) is 0.925. The summed E-state index contributed by atoms with van der Waals surface area (Å²) in [5.41, 5.74) is 7.45. The fourth-order valence-corrected chi connectivity index (χ4v) is 1.14. The van der Waals surface area contributed by atoms with Crippen LogP contribution >= 0.6 is 12.2 Å². The molecule has 0 radical (unpaired) electrons. The summed E-state index contributed by atoms with van der Waals surface area (Å²) >= 11 is 5.05. The molecule has 0 aliphatic heterocycles. The molecule has 0 spiro atoms. The highest BCUT2D eigenvalue weighted by Gasteiger charge is 1.99. The van der Waals surface area contributed by atoms with Crippen LogP contribution in [0.2, 0.25) is 0 Å². The lowest BCUT2D eigenvalue weighted by atomic mass is 10.2. The van der Waals surface area contributed by atoms with E-state index in [9.17, 15) is 0 Å². The summed E-state index contributed by atoms with van der Waals surface area (Å²) in [4.78, 5) is 0. The van der Waals surface area contributed by atoms with Gasteiger partial charge in [0.15, 0.2) is 5.05 Å². The molecule has 0 saturated heterocycles. The minimum atomic E-state index is 0.479. The van der Waals surface area contributed by atoms with Crippen LogP contribution in [0, 0.1) is 6.92 Å². The van der Waals surface area contributed by atoms with Crippen LogP contribution < -0.4 is 5.73 Å². The maximum atomic E-state index is 5.29. The first kappa shape index (κ1) is 10.2. The van der Waals surface area contributed by atoms with Crippen LogP contribution in [-0.4, -0.2) is 18.2 Å². The molecule has 3 heteroatoms. The zero-order chi connectivity index (χ0) is 9.68. The molecule has 0 unspecified atom stereocenters. The molecule has 0 aliphatic carbocycles. The lowest BCUT2D eigenvalue weighted by molar-refractivity contribution is 0.325. The zero-order valence-electron chi connectivity index (χ0n) is 7.62. The van der Waals surface area contributed by atoms with Crippen molar-refractivity contribution in [3.63, 3.8) is 0 Å². The number of ether oxygens (including phenoxy) is 1. The zero-order valence-corrected chi connectivity index (χ0v) is 8.43. The third-order valence-corrected chi connectivity index (χ3v) is 1.99. The molecule has 0 heterocycles. The van der Waals surface area contributed by atoms with E-state index in [1.807, 2.05) is 31.2 Å². The van der Waals surface area contributed by atoms with E-state index in [1.54, 1.807) is 0 Å². The highest BCUT2D eigenvalue weighted by Crippen LogP contribution is 2.05. The van der Waals surface area contributed by atoms with E-state index in [0.717, 1.165) is 5.56 Å². The predicted molar refractivity (Wildman–Crippen MR) is 57.9 cm³/mol. The summed E-state index contributed by atoms with van der Waals surface area (Å²) in [6, 6.07) is 7.92. The largest absolute Gasteiger partial charge is 0.482 e. The molecule has 0 aliphatic rings. The van der Waals surface area contributed by atoms with Gasteiger partial charge < -0.3 is 10.5 Å². The van der Waals surface area contributed by atoms with Crippen molar-refractivity contribution in [2.24, 2.45) is 5.73 Å². The van der Waals surface area contributed by atoms with Gasteiger partial charge in [-0.1, -0.05) is 29.8 Å². The average molecular weight is 195 g/mol. The average Bonchev–Trinajstić information content (AvgIpc) is 2.15. The van der Waals surface area contributed by atoms with E-state index in [0.29, 0.717) is 18.2 Å². The lowest BCUT2D eigenvalue weighted by Crippen LogP contribution is -2.12. The van der Waals surface area contributed by atoms with E-state index in [2.05, 4.69) is 0 Å². The molecule has 0 fully saturated rings. The maximum Gasteiger partial charge on any atom is 0.191 e. The van der Waals surface area contributed by atoms with Crippen molar-refractivity contribution in [1.82, 2.24) is 0 Å². The van der Waals surface area contributed by atoms with Crippen LogP contribution in [0.3, 0.4) is 0 Å². The Morgan fingerprint density at radius 3 is 2.54 bits per heavy atom. The second-order valence-electron chi connectivity index (χ2n) is 2.79. The molecule has 1 aromatic carbocycles. The molecule has 2 N–H and O–H groups in total. The Hall–Kier alpha value is -0.930. The monoisotopic (exact) mass is 195 g/mol. The third kappa shape index (κ3) is 3.13. The minimum absolute atomic E-state index is 0.479. The van der Waals surface area contributed by atoms with Gasteiger partial charge in [0.25, 0.3) is 0 Å². The molecule has 0 aromatic heterocycles. The summed E-state index contributed by atoms with van der Waals surface area (Å²) in [6.07, 6.45) is 0. The summed E-state index contributed by atoms with van der Waals surface area (Å²) in [5, 5.41) is 0.519. The van der Waals surface area contributed by atoms with Gasteiger partial charge in [0.1, 0.15) is 6.61 Å². The van der Waals surface area contributed by atoms with Crippen LogP contribution in [-0.2, 0) is 4.74 Å². The minimum Gasteiger partial charge on any atom is -0.482 e. The van der Waals surface area contributed by atoms with Crippen molar-refractivity contribution in [3.05, 3.63) is 35.4 Å². The standard InChI is InChI=1S/C10H13NOS/c1-8-2-4-9(5-3-8)10(13)12-7-6-11/h2-5H,6-7,11H2,1H3. The van der Waals surface area contributed by atoms with Crippen LogP contribution in [0.5, 0.6) is 0 Å². The normalized spacial score (nSPS) is 9.69. The molecular weight excluding hydrogens is 182 g/mol. The highest BCUT2D eigenvalue weighted by atomic mass is 32.1. The van der Waals surface area contributed by atoms with Gasteiger partial charge in [-0.15, -0.1) is 0 Å². The number of thiocarbonyl (C=S) groups is 1. The van der Waals surface area contributed by atoms with E-state index < -0.39 is 0 Å². The van der Waals surface area contributed by atoms with Gasteiger partial charge in [0.2, 0.25) is 0 Å². The van der Waals surface area contributed by atoms with Gasteiger partial charge in [0, 0.05) is 12.1 Å². The fraction of sp³-hybridized carbons (Fsp3) is 0.300. The number of benzene rings is 1. The van der Waals surface area contributed by atoms with Crippen LogP contribution in [0.15, 0.2) is 24.3 Å². The van der Waals surface area contributed by atoms with Crippen LogP contribution in [0.4, 0.5) is 0 Å². The molecular formula is C10H13NOS. The first-order valence-corrected chi connectivity index (χ1v) is 4.58. The number of nitrogens with two attached hydrogens (primary N) is 1. The van der Waals surface area contributed by atoms with Gasteiger partial charge in [-0.05, 0) is 19.1 Å². The molecule has 1 rings (SSSR count). The quantitative estimate of drug-likeness (QED) is 0.745. The van der Waals surface area contributed by atoms with E-state index >= 15 is 0 Å². The van der Waals surface area contributed by atoms with Crippen molar-refractivity contribution < 1.29 is 4.74 Å². The molecule has 2 nitrogen and oxygen atoms in total. The smallest absolute Gasteiger partial charge is 0.191 e. The van der Waals surface area contributed by atoms with E-state index in [4.69, 9.17) is 22.7 Å². The van der Waals surface area contributed by atoms with Gasteiger partial charge in [-0.2, -0.15) is 0 Å². The van der Waals surface area contributed by atoms with Crippen molar-refractivity contribution in [2.45, 2.75) is 6.92 Å². The third-order valence-electron chi connectivity index (χ3n) is 1.64. The summed E-state index contributed by atoms with van der Waals surface area (Å²) in [7, 11) is 0. The first-order chi connectivity index (χ1) is 6.24. The molecule has 0 atom stereocenters. The second kappa shape index (κ2) is 4.94. The van der Waals surface area contributed by atoms with Gasteiger partial charge >= 0.3 is 0 Å². The van der Waals surface area contributed by atoms with E-state index in [-0.39, 0.29) is 0 Å². The van der Waals surface area contributed by atoms with Crippen LogP contribution in [0.1, 0.15) is 11.1 Å².